The molecule has 0 radical (unpaired) electrons. The zero-order valence-electron chi connectivity index (χ0n) is 21.0. The molecule has 39 heavy (non-hydrogen) atoms. The van der Waals surface area contributed by atoms with Crippen molar-refractivity contribution in [2.45, 2.75) is 53.8 Å². The molecule has 1 unspecified atom stereocenters. The number of alkyl halides is 1. The summed E-state index contributed by atoms with van der Waals surface area (Å²) in [5.74, 6) is -1.56. The van der Waals surface area contributed by atoms with E-state index in [9.17, 15) is 22.0 Å². The van der Waals surface area contributed by atoms with Crippen molar-refractivity contribution in [3.05, 3.63) is 53.1 Å². The largest absolute Gasteiger partial charge is 0.378 e. The van der Waals surface area contributed by atoms with Crippen LogP contribution in [0, 0.1) is 17.0 Å². The third-order valence-electron chi connectivity index (χ3n) is 7.34. The second-order valence-electron chi connectivity index (χ2n) is 10.5. The standard InChI is InChI=1S/C26H29ClF3N3O4S2/c27-21-9-20(39(35,36)32-25(34)23-11-26(6-7-26)15-37-23)10-22(30)24(21)31-18(5-8-33-12-17(29)13-33)14-38-19-3-1-16(28)2-4-19/h1-4,9-10,17-18,23,31H,5-8,11-15H2,(H,32,34)/t18-,23?/m1/s1. The Morgan fingerprint density at radius 1 is 1.21 bits per heavy atom. The molecule has 7 nitrogen and oxygen atoms in total. The van der Waals surface area contributed by atoms with Gasteiger partial charge in [-0.15, -0.1) is 11.8 Å². The monoisotopic (exact) mass is 603 g/mol. The summed E-state index contributed by atoms with van der Waals surface area (Å²) in [6.07, 6.45) is 1.21. The first kappa shape index (κ1) is 28.5. The molecule has 1 amide bonds. The van der Waals surface area contributed by atoms with E-state index >= 15 is 4.39 Å². The highest BCUT2D eigenvalue weighted by Gasteiger charge is 2.51. The van der Waals surface area contributed by atoms with E-state index in [1.165, 1.54) is 23.9 Å². The molecule has 2 aromatic rings. The smallest absolute Gasteiger partial charge is 0.264 e. The summed E-state index contributed by atoms with van der Waals surface area (Å²) < 4.78 is 74.9. The molecule has 5 rings (SSSR count). The predicted molar refractivity (Wildman–Crippen MR) is 143 cm³/mol. The predicted octanol–water partition coefficient (Wildman–Crippen LogP) is 4.61. The molecule has 212 valence electrons. The van der Waals surface area contributed by atoms with Crippen LogP contribution >= 0.6 is 23.4 Å². The molecule has 3 aliphatic rings. The van der Waals surface area contributed by atoms with E-state index in [1.54, 1.807) is 12.1 Å². The number of likely N-dealkylation sites (tertiary alicyclic amines) is 1. The van der Waals surface area contributed by atoms with Gasteiger partial charge >= 0.3 is 0 Å². The first-order chi connectivity index (χ1) is 18.5. The third-order valence-corrected chi connectivity index (χ3v) is 10.1. The lowest BCUT2D eigenvalue weighted by Gasteiger charge is -2.35. The van der Waals surface area contributed by atoms with Gasteiger partial charge in [0.15, 0.2) is 0 Å². The number of sulfonamides is 1. The Hall–Kier alpha value is -1.99. The lowest BCUT2D eigenvalue weighted by Crippen LogP contribution is -2.49. The van der Waals surface area contributed by atoms with Crippen LogP contribution in [0.3, 0.4) is 0 Å². The number of carbonyl (C=O) groups is 1. The van der Waals surface area contributed by atoms with E-state index in [4.69, 9.17) is 16.3 Å². The number of nitrogens with zero attached hydrogens (tertiary/aromatic N) is 1. The molecule has 2 heterocycles. The lowest BCUT2D eigenvalue weighted by molar-refractivity contribution is -0.128. The molecule has 1 saturated carbocycles. The van der Waals surface area contributed by atoms with Crippen molar-refractivity contribution < 1.29 is 31.1 Å². The van der Waals surface area contributed by atoms with Crippen LogP contribution in [0.2, 0.25) is 5.02 Å². The van der Waals surface area contributed by atoms with E-state index in [0.29, 0.717) is 44.8 Å². The quantitative estimate of drug-likeness (QED) is 0.363. The van der Waals surface area contributed by atoms with Crippen LogP contribution in [-0.2, 0) is 19.6 Å². The van der Waals surface area contributed by atoms with Crippen molar-refractivity contribution >= 4 is 45.0 Å². The molecule has 2 N–H and O–H groups in total. The summed E-state index contributed by atoms with van der Waals surface area (Å²) >= 11 is 7.77. The van der Waals surface area contributed by atoms with Crippen molar-refractivity contribution in [2.75, 3.05) is 37.3 Å². The van der Waals surface area contributed by atoms with Gasteiger partial charge in [0, 0.05) is 36.3 Å². The van der Waals surface area contributed by atoms with Gasteiger partial charge in [0.05, 0.1) is 22.2 Å². The highest BCUT2D eigenvalue weighted by Crippen LogP contribution is 2.53. The first-order valence-electron chi connectivity index (χ1n) is 12.7. The zero-order valence-corrected chi connectivity index (χ0v) is 23.4. The van der Waals surface area contributed by atoms with Crippen LogP contribution in [0.15, 0.2) is 46.2 Å². The molecular weight excluding hydrogens is 575 g/mol. The number of hydrogen-bond donors (Lipinski definition) is 2. The second-order valence-corrected chi connectivity index (χ2v) is 13.7. The minimum absolute atomic E-state index is 0.0107. The van der Waals surface area contributed by atoms with Crippen LogP contribution in [0.25, 0.3) is 0 Å². The van der Waals surface area contributed by atoms with Crippen LogP contribution < -0.4 is 10.0 Å². The molecule has 2 saturated heterocycles. The van der Waals surface area contributed by atoms with Crippen LogP contribution in [0.1, 0.15) is 25.7 Å². The minimum atomic E-state index is -4.39. The fourth-order valence-corrected chi connectivity index (χ4v) is 7.08. The minimum Gasteiger partial charge on any atom is -0.378 e. The Labute approximate surface area is 234 Å². The normalized spacial score (nSPS) is 21.5. The van der Waals surface area contributed by atoms with E-state index in [1.807, 2.05) is 9.62 Å². The van der Waals surface area contributed by atoms with Crippen molar-refractivity contribution in [3.8, 4) is 0 Å². The molecular formula is C26H29ClF3N3O4S2. The van der Waals surface area contributed by atoms with Gasteiger partial charge < -0.3 is 10.1 Å². The van der Waals surface area contributed by atoms with Gasteiger partial charge in [-0.05, 0) is 67.5 Å². The summed E-state index contributed by atoms with van der Waals surface area (Å²) in [6, 6.07) is 7.57. The highest BCUT2D eigenvalue weighted by molar-refractivity contribution is 7.99. The van der Waals surface area contributed by atoms with Gasteiger partial charge in [-0.1, -0.05) is 11.6 Å². The van der Waals surface area contributed by atoms with Crippen LogP contribution in [0.5, 0.6) is 0 Å². The van der Waals surface area contributed by atoms with Crippen LogP contribution in [0.4, 0.5) is 18.9 Å². The van der Waals surface area contributed by atoms with Gasteiger partial charge in [0.25, 0.3) is 15.9 Å². The van der Waals surface area contributed by atoms with Gasteiger partial charge in [-0.2, -0.15) is 0 Å². The van der Waals surface area contributed by atoms with Crippen molar-refractivity contribution in [3.63, 3.8) is 0 Å². The zero-order chi connectivity index (χ0) is 27.8. The van der Waals surface area contributed by atoms with Crippen molar-refractivity contribution in [2.24, 2.45) is 5.41 Å². The maximum atomic E-state index is 15.2. The molecule has 0 aromatic heterocycles. The molecule has 1 aliphatic carbocycles. The summed E-state index contributed by atoms with van der Waals surface area (Å²) in [5, 5.41) is 2.90. The summed E-state index contributed by atoms with van der Waals surface area (Å²) in [6.45, 7) is 1.69. The maximum Gasteiger partial charge on any atom is 0.264 e. The number of thioether (sulfide) groups is 1. The van der Waals surface area contributed by atoms with Crippen molar-refractivity contribution in [1.29, 1.82) is 0 Å². The fraction of sp³-hybridized carbons (Fsp3) is 0.500. The molecule has 0 bridgehead atoms. The average Bonchev–Trinajstić information content (AvgIpc) is 3.49. The maximum absolute atomic E-state index is 15.2. The molecule has 1 spiro atoms. The third kappa shape index (κ3) is 7.02. The summed E-state index contributed by atoms with van der Waals surface area (Å²) in [7, 11) is -4.39. The Morgan fingerprint density at radius 3 is 2.54 bits per heavy atom. The number of nitrogens with one attached hydrogen (secondary N) is 2. The van der Waals surface area contributed by atoms with Crippen LogP contribution in [-0.4, -0.2) is 69.5 Å². The molecule has 2 atom stereocenters. The number of hydrogen-bond acceptors (Lipinski definition) is 7. The second kappa shape index (κ2) is 11.5. The summed E-state index contributed by atoms with van der Waals surface area (Å²) in [4.78, 5) is 14.8. The number of carbonyl (C=O) groups excluding carboxylic acids is 1. The number of anilines is 1. The topological polar surface area (TPSA) is 87.7 Å². The van der Waals surface area contributed by atoms with E-state index in [-0.39, 0.29) is 28.0 Å². The van der Waals surface area contributed by atoms with Gasteiger partial charge in [-0.25, -0.2) is 26.3 Å². The van der Waals surface area contributed by atoms with Gasteiger partial charge in [0.1, 0.15) is 23.9 Å². The SMILES string of the molecule is O=C(NS(=O)(=O)c1cc(F)c(N[C@H](CCN2CC(F)C2)CSc2ccc(F)cc2)c(Cl)c1)C1CC2(CC2)CO1. The number of ether oxygens (including phenoxy) is 1. The number of amides is 1. The Morgan fingerprint density at radius 2 is 1.92 bits per heavy atom. The number of benzene rings is 2. The summed E-state index contributed by atoms with van der Waals surface area (Å²) in [5.41, 5.74) is -0.0862. The first-order valence-corrected chi connectivity index (χ1v) is 15.6. The van der Waals surface area contributed by atoms with Gasteiger partial charge in [0.2, 0.25) is 0 Å². The Bertz CT molecular complexity index is 1300. The Balaban J connectivity index is 1.26. The fourth-order valence-electron chi connectivity index (χ4n) is 4.74. The lowest BCUT2D eigenvalue weighted by atomic mass is 10.0. The van der Waals surface area contributed by atoms with E-state index < -0.39 is 38.9 Å². The number of halogens is 4. The van der Waals surface area contributed by atoms with Gasteiger partial charge in [-0.3, -0.25) is 9.69 Å². The Kier molecular flexibility index (Phi) is 8.40. The average molecular weight is 604 g/mol. The number of rotatable bonds is 11. The van der Waals surface area contributed by atoms with Crippen molar-refractivity contribution in [1.82, 2.24) is 9.62 Å². The molecule has 13 heteroatoms. The highest BCUT2D eigenvalue weighted by atomic mass is 35.5. The molecule has 3 fully saturated rings. The van der Waals surface area contributed by atoms with E-state index in [2.05, 4.69) is 5.32 Å². The molecule has 2 aromatic carbocycles. The van der Waals surface area contributed by atoms with E-state index in [0.717, 1.165) is 29.9 Å². The molecule has 2 aliphatic heterocycles.